The Bertz CT molecular complexity index is 871. The molecule has 1 atom stereocenters. The predicted molar refractivity (Wildman–Crippen MR) is 86.0 cm³/mol. The summed E-state index contributed by atoms with van der Waals surface area (Å²) in [5, 5.41) is 8.62. The number of hydrogen-bond donors (Lipinski definition) is 3. The lowest BCUT2D eigenvalue weighted by Crippen LogP contribution is -2.31. The van der Waals surface area contributed by atoms with E-state index >= 15 is 0 Å². The van der Waals surface area contributed by atoms with Gasteiger partial charge in [-0.3, -0.25) is 9.78 Å². The van der Waals surface area contributed by atoms with E-state index in [0.29, 0.717) is 6.42 Å². The maximum atomic E-state index is 13.1. The molecule has 0 saturated carbocycles. The highest BCUT2D eigenvalue weighted by atomic mass is 19.1. The minimum absolute atomic E-state index is 0.0833. The Hall–Kier alpha value is -3.22. The summed E-state index contributed by atoms with van der Waals surface area (Å²) in [5.74, 6) is -0.891. The number of benzene rings is 2. The Morgan fingerprint density at radius 1 is 1.12 bits per heavy atom. The fourth-order valence-corrected chi connectivity index (χ4v) is 2.40. The predicted octanol–water partition coefficient (Wildman–Crippen LogP) is 1.95. The Morgan fingerprint density at radius 2 is 1.83 bits per heavy atom. The summed E-state index contributed by atoms with van der Waals surface area (Å²) >= 11 is 0. The third-order valence-electron chi connectivity index (χ3n) is 3.58. The molecule has 1 heterocycles. The van der Waals surface area contributed by atoms with Gasteiger partial charge in [-0.25, -0.2) is 14.3 Å². The zero-order chi connectivity index (χ0) is 16.9. The first-order chi connectivity index (χ1) is 11.6. The van der Waals surface area contributed by atoms with Crippen LogP contribution in [0.25, 0.3) is 0 Å². The van der Waals surface area contributed by atoms with Crippen molar-refractivity contribution < 1.29 is 9.18 Å². The minimum atomic E-state index is -0.546. The van der Waals surface area contributed by atoms with Crippen molar-refractivity contribution in [2.24, 2.45) is 0 Å². The Balaban J connectivity index is 1.83. The van der Waals surface area contributed by atoms with E-state index in [1.165, 1.54) is 12.1 Å². The molecule has 3 N–H and O–H groups in total. The number of carbonyl (C=O) groups is 1. The molecule has 0 aliphatic rings. The number of nitrogens with zero attached hydrogens (tertiary/aromatic N) is 1. The normalized spacial score (nSPS) is 11.9. The van der Waals surface area contributed by atoms with Crippen LogP contribution in [0.2, 0.25) is 0 Å². The first kappa shape index (κ1) is 15.7. The lowest BCUT2D eigenvalue weighted by atomic mass is 9.99. The second-order valence-corrected chi connectivity index (χ2v) is 5.29. The molecule has 0 fully saturated rings. The molecule has 122 valence electrons. The van der Waals surface area contributed by atoms with Crippen molar-refractivity contribution in [2.45, 2.75) is 12.5 Å². The van der Waals surface area contributed by atoms with Crippen molar-refractivity contribution in [1.29, 1.82) is 0 Å². The van der Waals surface area contributed by atoms with Gasteiger partial charge < -0.3 is 5.32 Å². The van der Waals surface area contributed by atoms with Gasteiger partial charge in [-0.1, -0.05) is 42.5 Å². The number of halogens is 1. The number of nitrogens with one attached hydrogen (secondary N) is 3. The molecule has 0 aliphatic carbocycles. The van der Waals surface area contributed by atoms with E-state index in [1.54, 1.807) is 12.1 Å². The molecule has 2 aromatic carbocycles. The molecule has 3 rings (SSSR count). The van der Waals surface area contributed by atoms with E-state index in [1.807, 2.05) is 30.3 Å². The number of hydrogen-bond acceptors (Lipinski definition) is 3. The second kappa shape index (κ2) is 6.91. The molecule has 3 aromatic rings. The number of carbonyl (C=O) groups excluding carboxylic acids is 1. The van der Waals surface area contributed by atoms with E-state index in [9.17, 15) is 14.0 Å². The van der Waals surface area contributed by atoms with Crippen LogP contribution >= 0.6 is 0 Å². The Kier molecular flexibility index (Phi) is 4.51. The molecular weight excluding hydrogens is 311 g/mol. The number of amides is 1. The van der Waals surface area contributed by atoms with Gasteiger partial charge in [-0.15, -0.1) is 5.10 Å². The zero-order valence-electron chi connectivity index (χ0n) is 12.6. The molecule has 0 radical (unpaired) electrons. The standard InChI is InChI=1S/C17H15FN4O2/c18-13-8-6-11(7-9-13)10-14(12-4-2-1-3-5-12)19-16(23)15-20-17(24)22-21-15/h1-9,14H,10H2,(H,19,23)(H2,20,21,22,24). The smallest absolute Gasteiger partial charge is 0.341 e. The van der Waals surface area contributed by atoms with Gasteiger partial charge in [-0.2, -0.15) is 0 Å². The molecule has 0 saturated heterocycles. The van der Waals surface area contributed by atoms with E-state index in [4.69, 9.17) is 0 Å². The van der Waals surface area contributed by atoms with Crippen molar-refractivity contribution in [2.75, 3.05) is 0 Å². The van der Waals surface area contributed by atoms with Crippen LogP contribution < -0.4 is 11.0 Å². The summed E-state index contributed by atoms with van der Waals surface area (Å²) in [5.41, 5.74) is 1.23. The SMILES string of the molecule is O=C(NC(Cc1ccc(F)cc1)c1ccccc1)c1n[nH]c(=O)[nH]1. The fourth-order valence-electron chi connectivity index (χ4n) is 2.40. The molecule has 1 aromatic heterocycles. The van der Waals surface area contributed by atoms with Crippen molar-refractivity contribution >= 4 is 5.91 Å². The summed E-state index contributed by atoms with van der Waals surface area (Å²) in [6.07, 6.45) is 0.477. The first-order valence-electron chi connectivity index (χ1n) is 7.37. The molecule has 1 unspecified atom stereocenters. The maximum absolute atomic E-state index is 13.1. The van der Waals surface area contributed by atoms with Gasteiger partial charge in [0.25, 0.3) is 5.91 Å². The Morgan fingerprint density at radius 3 is 2.46 bits per heavy atom. The molecule has 1 amide bonds. The van der Waals surface area contributed by atoms with Crippen molar-refractivity contribution in [3.05, 3.63) is 87.9 Å². The number of rotatable bonds is 5. The highest BCUT2D eigenvalue weighted by molar-refractivity contribution is 5.90. The van der Waals surface area contributed by atoms with Crippen molar-refractivity contribution in [3.8, 4) is 0 Å². The second-order valence-electron chi connectivity index (χ2n) is 5.29. The molecule has 0 spiro atoms. The van der Waals surface area contributed by atoms with Crippen LogP contribution in [0.3, 0.4) is 0 Å². The molecule has 0 bridgehead atoms. The van der Waals surface area contributed by atoms with Gasteiger partial charge in [0, 0.05) is 0 Å². The van der Waals surface area contributed by atoms with Gasteiger partial charge in [0.1, 0.15) is 5.82 Å². The summed E-state index contributed by atoms with van der Waals surface area (Å²) in [4.78, 5) is 25.7. The van der Waals surface area contributed by atoms with Gasteiger partial charge in [-0.05, 0) is 29.7 Å². The van der Waals surface area contributed by atoms with Gasteiger partial charge in [0.2, 0.25) is 5.82 Å². The quantitative estimate of drug-likeness (QED) is 0.669. The lowest BCUT2D eigenvalue weighted by molar-refractivity contribution is 0.0926. The fraction of sp³-hybridized carbons (Fsp3) is 0.118. The van der Waals surface area contributed by atoms with Crippen molar-refractivity contribution in [1.82, 2.24) is 20.5 Å². The van der Waals surface area contributed by atoms with E-state index in [-0.39, 0.29) is 17.7 Å². The average molecular weight is 326 g/mol. The largest absolute Gasteiger partial charge is 0.342 e. The number of aromatic amines is 2. The summed E-state index contributed by atoms with van der Waals surface area (Å²) in [6.45, 7) is 0. The molecule has 24 heavy (non-hydrogen) atoms. The van der Waals surface area contributed by atoms with Gasteiger partial charge in [0.05, 0.1) is 6.04 Å². The van der Waals surface area contributed by atoms with Crippen LogP contribution in [-0.2, 0) is 6.42 Å². The summed E-state index contributed by atoms with van der Waals surface area (Å²) in [7, 11) is 0. The molecule has 0 aliphatic heterocycles. The average Bonchev–Trinajstić information content (AvgIpc) is 3.03. The van der Waals surface area contributed by atoms with E-state index in [2.05, 4.69) is 20.5 Å². The third-order valence-corrected chi connectivity index (χ3v) is 3.58. The lowest BCUT2D eigenvalue weighted by Gasteiger charge is -2.19. The van der Waals surface area contributed by atoms with Crippen LogP contribution in [0.4, 0.5) is 4.39 Å². The van der Waals surface area contributed by atoms with E-state index in [0.717, 1.165) is 11.1 Å². The highest BCUT2D eigenvalue weighted by Gasteiger charge is 2.18. The van der Waals surface area contributed by atoms with Crippen LogP contribution in [-0.4, -0.2) is 21.1 Å². The number of aromatic nitrogens is 3. The third kappa shape index (κ3) is 3.75. The highest BCUT2D eigenvalue weighted by Crippen LogP contribution is 2.19. The summed E-state index contributed by atoms with van der Waals surface area (Å²) < 4.78 is 13.1. The molecule has 6 nitrogen and oxygen atoms in total. The van der Waals surface area contributed by atoms with Crippen molar-refractivity contribution in [3.63, 3.8) is 0 Å². The van der Waals surface area contributed by atoms with E-state index < -0.39 is 11.6 Å². The maximum Gasteiger partial charge on any atom is 0.341 e. The van der Waals surface area contributed by atoms with Crippen LogP contribution in [0.15, 0.2) is 59.4 Å². The topological polar surface area (TPSA) is 90.6 Å². The number of H-pyrrole nitrogens is 2. The van der Waals surface area contributed by atoms with Crippen LogP contribution in [0, 0.1) is 5.82 Å². The van der Waals surface area contributed by atoms with Gasteiger partial charge >= 0.3 is 5.69 Å². The minimum Gasteiger partial charge on any atom is -0.342 e. The van der Waals surface area contributed by atoms with Gasteiger partial charge in [0.15, 0.2) is 0 Å². The zero-order valence-corrected chi connectivity index (χ0v) is 12.6. The Labute approximate surface area is 136 Å². The molecular formula is C17H15FN4O2. The first-order valence-corrected chi connectivity index (χ1v) is 7.37. The monoisotopic (exact) mass is 326 g/mol. The summed E-state index contributed by atoms with van der Waals surface area (Å²) in [6, 6.07) is 15.2. The van der Waals surface area contributed by atoms with Crippen LogP contribution in [0.5, 0.6) is 0 Å². The van der Waals surface area contributed by atoms with Crippen LogP contribution in [0.1, 0.15) is 27.8 Å². The molecule has 7 heteroatoms.